The van der Waals surface area contributed by atoms with Crippen molar-refractivity contribution in [2.24, 2.45) is 5.41 Å². The molecule has 2 spiro atoms. The van der Waals surface area contributed by atoms with Crippen molar-refractivity contribution in [3.63, 3.8) is 0 Å². The Morgan fingerprint density at radius 2 is 1.47 bits per heavy atom. The van der Waals surface area contributed by atoms with Crippen LogP contribution in [-0.4, -0.2) is 61.6 Å². The van der Waals surface area contributed by atoms with E-state index < -0.39 is 11.0 Å². The van der Waals surface area contributed by atoms with Crippen LogP contribution in [0.1, 0.15) is 30.0 Å². The lowest BCUT2D eigenvalue weighted by molar-refractivity contribution is -0.248. The fourth-order valence-corrected chi connectivity index (χ4v) is 5.91. The van der Waals surface area contributed by atoms with E-state index in [9.17, 15) is 9.59 Å². The highest BCUT2D eigenvalue weighted by Crippen LogP contribution is 2.67. The maximum atomic E-state index is 13.8. The highest BCUT2D eigenvalue weighted by Gasteiger charge is 2.83. The quantitative estimate of drug-likeness (QED) is 0.533. The molecule has 3 heterocycles. The second-order valence-electron chi connectivity index (χ2n) is 8.77. The number of carbonyl (C=O) groups excluding carboxylic acids is 2. The van der Waals surface area contributed by atoms with Gasteiger partial charge in [0.15, 0.2) is 5.41 Å². The number of ether oxygens (including phenoxy) is 3. The van der Waals surface area contributed by atoms with E-state index in [1.165, 1.54) is 0 Å². The normalized spacial score (nSPS) is 26.2. The van der Waals surface area contributed by atoms with Crippen molar-refractivity contribution in [2.45, 2.75) is 31.0 Å². The number of likely N-dealkylation sites (tertiary alicyclic amines) is 2. The van der Waals surface area contributed by atoms with Crippen LogP contribution in [0.5, 0.6) is 11.5 Å². The van der Waals surface area contributed by atoms with Crippen molar-refractivity contribution in [3.8, 4) is 11.5 Å². The maximum absolute atomic E-state index is 13.8. The Labute approximate surface area is 187 Å². The first-order valence-corrected chi connectivity index (χ1v) is 10.9. The molecular formula is C25H28N2O5. The first kappa shape index (κ1) is 20.8. The zero-order valence-corrected chi connectivity index (χ0v) is 18.7. The number of nitrogens with zero attached hydrogens (tertiary/aromatic N) is 2. The molecule has 5 rings (SSSR count). The zero-order valence-electron chi connectivity index (χ0n) is 18.7. The van der Waals surface area contributed by atoms with Crippen LogP contribution in [0.4, 0.5) is 0 Å². The van der Waals surface area contributed by atoms with Gasteiger partial charge in [0.25, 0.3) is 0 Å². The molecule has 0 radical (unpaired) electrons. The summed E-state index contributed by atoms with van der Waals surface area (Å²) in [5.74, 6) is 1.34. The molecule has 0 aromatic heterocycles. The zero-order chi connectivity index (χ0) is 22.5. The van der Waals surface area contributed by atoms with E-state index in [0.29, 0.717) is 32.6 Å². The first-order chi connectivity index (χ1) is 15.5. The lowest BCUT2D eigenvalue weighted by Crippen LogP contribution is -2.89. The van der Waals surface area contributed by atoms with Crippen molar-refractivity contribution in [3.05, 3.63) is 59.7 Å². The fraction of sp³-hybridized carbons (Fsp3) is 0.440. The summed E-state index contributed by atoms with van der Waals surface area (Å²) in [4.78, 5) is 30.9. The molecule has 7 nitrogen and oxygen atoms in total. The summed E-state index contributed by atoms with van der Waals surface area (Å²) in [5, 5.41) is 0. The molecule has 3 aliphatic rings. The molecule has 0 saturated carbocycles. The Balaban J connectivity index is 1.55. The number of β-lactam (4-membered cyclic amide) rings is 2. The topological polar surface area (TPSA) is 68.3 Å². The summed E-state index contributed by atoms with van der Waals surface area (Å²) >= 11 is 0. The Morgan fingerprint density at radius 3 is 2.03 bits per heavy atom. The lowest BCUT2D eigenvalue weighted by Gasteiger charge is -2.73. The number of amides is 2. The minimum absolute atomic E-state index is 0.0841. The van der Waals surface area contributed by atoms with Crippen molar-refractivity contribution in [1.82, 2.24) is 9.80 Å². The van der Waals surface area contributed by atoms with E-state index in [-0.39, 0.29) is 17.9 Å². The van der Waals surface area contributed by atoms with Crippen LogP contribution in [0.25, 0.3) is 0 Å². The highest BCUT2D eigenvalue weighted by molar-refractivity contribution is 6.16. The monoisotopic (exact) mass is 436 g/mol. The van der Waals surface area contributed by atoms with Gasteiger partial charge in [0, 0.05) is 26.8 Å². The molecule has 0 N–H and O–H groups in total. The van der Waals surface area contributed by atoms with Crippen LogP contribution in [0.3, 0.4) is 0 Å². The number of benzene rings is 2. The van der Waals surface area contributed by atoms with E-state index in [1.54, 1.807) is 19.1 Å². The molecule has 7 heteroatoms. The summed E-state index contributed by atoms with van der Waals surface area (Å²) in [6, 6.07) is 15.1. The van der Waals surface area contributed by atoms with Gasteiger partial charge in [-0.05, 0) is 48.2 Å². The fourth-order valence-electron chi connectivity index (χ4n) is 5.91. The van der Waals surface area contributed by atoms with Gasteiger partial charge in [-0.25, -0.2) is 0 Å². The summed E-state index contributed by atoms with van der Waals surface area (Å²) < 4.78 is 16.2. The van der Waals surface area contributed by atoms with Crippen molar-refractivity contribution >= 4 is 11.8 Å². The molecule has 0 bridgehead atoms. The molecule has 3 aliphatic heterocycles. The van der Waals surface area contributed by atoms with E-state index in [1.807, 2.05) is 60.5 Å². The summed E-state index contributed by atoms with van der Waals surface area (Å²) in [7, 11) is 5.08. The Hall–Kier alpha value is -3.06. The third kappa shape index (κ3) is 2.57. The predicted octanol–water partition coefficient (Wildman–Crippen LogP) is 2.79. The minimum Gasteiger partial charge on any atom is -0.497 e. The standard InChI is InChI=1S/C25H28N2O5/c1-26-22(28)25(24(26)12-14-32-15-13-24)21(18-6-10-20(31-3)11-7-18)27(23(25)29)16-17-4-8-19(30-2)9-5-17/h4-11,21H,12-16H2,1-3H3/t21-,25+/m0/s1. The smallest absolute Gasteiger partial charge is 0.244 e. The number of carbonyl (C=O) groups is 2. The summed E-state index contributed by atoms with van der Waals surface area (Å²) in [6.07, 6.45) is 1.34. The van der Waals surface area contributed by atoms with Crippen LogP contribution in [0.15, 0.2) is 48.5 Å². The molecule has 168 valence electrons. The molecule has 2 amide bonds. The Kier molecular flexibility index (Phi) is 4.89. The third-order valence-electron chi connectivity index (χ3n) is 7.60. The van der Waals surface area contributed by atoms with Gasteiger partial charge in [-0.3, -0.25) is 9.59 Å². The van der Waals surface area contributed by atoms with E-state index in [2.05, 4.69) is 0 Å². The molecule has 3 fully saturated rings. The van der Waals surface area contributed by atoms with Crippen molar-refractivity contribution < 1.29 is 23.8 Å². The van der Waals surface area contributed by atoms with Crippen LogP contribution in [-0.2, 0) is 20.9 Å². The Bertz CT molecular complexity index is 1030. The molecule has 2 atom stereocenters. The van der Waals surface area contributed by atoms with Gasteiger partial charge in [0.05, 0.1) is 25.8 Å². The predicted molar refractivity (Wildman–Crippen MR) is 117 cm³/mol. The minimum atomic E-state index is -1.06. The number of hydrogen-bond donors (Lipinski definition) is 0. The third-order valence-corrected chi connectivity index (χ3v) is 7.60. The van der Waals surface area contributed by atoms with Crippen LogP contribution in [0.2, 0.25) is 0 Å². The van der Waals surface area contributed by atoms with Gasteiger partial charge in [0.1, 0.15) is 11.5 Å². The lowest BCUT2D eigenvalue weighted by atomic mass is 9.47. The molecule has 0 unspecified atom stereocenters. The first-order valence-electron chi connectivity index (χ1n) is 10.9. The number of methoxy groups -OCH3 is 2. The SMILES string of the molecule is COc1ccc(CN2C(=O)[C@]3(C(=O)N(C)C34CCOCC4)[C@@H]2c2ccc(OC)cc2)cc1. The van der Waals surface area contributed by atoms with Crippen molar-refractivity contribution in [1.29, 1.82) is 0 Å². The average molecular weight is 437 g/mol. The van der Waals surface area contributed by atoms with Crippen LogP contribution >= 0.6 is 0 Å². The molecule has 2 aromatic carbocycles. The second-order valence-corrected chi connectivity index (χ2v) is 8.77. The van der Waals surface area contributed by atoms with Gasteiger partial charge in [0.2, 0.25) is 11.8 Å². The molecule has 0 aliphatic carbocycles. The highest BCUT2D eigenvalue weighted by atomic mass is 16.5. The van der Waals surface area contributed by atoms with E-state index in [0.717, 1.165) is 22.6 Å². The number of fused-ring (bicyclic) bond motifs is 1. The van der Waals surface area contributed by atoms with Gasteiger partial charge in [-0.15, -0.1) is 0 Å². The number of hydrogen-bond acceptors (Lipinski definition) is 5. The molecular weight excluding hydrogens is 408 g/mol. The number of rotatable bonds is 5. The van der Waals surface area contributed by atoms with E-state index in [4.69, 9.17) is 14.2 Å². The van der Waals surface area contributed by atoms with Crippen molar-refractivity contribution in [2.75, 3.05) is 34.5 Å². The molecule has 2 aromatic rings. The van der Waals surface area contributed by atoms with Crippen LogP contribution in [0, 0.1) is 5.41 Å². The maximum Gasteiger partial charge on any atom is 0.244 e. The molecule has 3 saturated heterocycles. The summed E-state index contributed by atoms with van der Waals surface area (Å²) in [5.41, 5.74) is 0.382. The van der Waals surface area contributed by atoms with Gasteiger partial charge in [-0.1, -0.05) is 24.3 Å². The van der Waals surface area contributed by atoms with Gasteiger partial charge in [-0.2, -0.15) is 0 Å². The Morgan fingerprint density at radius 1 is 0.906 bits per heavy atom. The van der Waals surface area contributed by atoms with Crippen LogP contribution < -0.4 is 9.47 Å². The van der Waals surface area contributed by atoms with Gasteiger partial charge >= 0.3 is 0 Å². The molecule has 32 heavy (non-hydrogen) atoms. The second kappa shape index (κ2) is 7.52. The van der Waals surface area contributed by atoms with Gasteiger partial charge < -0.3 is 24.0 Å². The average Bonchev–Trinajstić information content (AvgIpc) is 2.86. The largest absolute Gasteiger partial charge is 0.497 e. The van der Waals surface area contributed by atoms with E-state index >= 15 is 0 Å². The summed E-state index contributed by atoms with van der Waals surface area (Å²) in [6.45, 7) is 1.55.